The molecular formula is C7H6ClN3. The van der Waals surface area contributed by atoms with E-state index in [1.807, 2.05) is 0 Å². The lowest BCUT2D eigenvalue weighted by molar-refractivity contribution is 0.946. The van der Waals surface area contributed by atoms with Crippen molar-refractivity contribution < 1.29 is 0 Å². The standard InChI is InChI=1S/C7H6ClN3/c8-3-6-4-10-11-2-1-9-5-7(6)11/h1-2,4-5H,3H2. The first-order chi connectivity index (χ1) is 5.42. The van der Waals surface area contributed by atoms with Gasteiger partial charge in [-0.15, -0.1) is 11.6 Å². The molecular weight excluding hydrogens is 162 g/mol. The summed E-state index contributed by atoms with van der Waals surface area (Å²) in [5.41, 5.74) is 1.99. The Morgan fingerprint density at radius 1 is 1.45 bits per heavy atom. The van der Waals surface area contributed by atoms with Gasteiger partial charge in [0, 0.05) is 18.0 Å². The van der Waals surface area contributed by atoms with Crippen LogP contribution in [0.3, 0.4) is 0 Å². The van der Waals surface area contributed by atoms with Crippen LogP contribution >= 0.6 is 11.6 Å². The number of aromatic nitrogens is 3. The Morgan fingerprint density at radius 2 is 2.36 bits per heavy atom. The van der Waals surface area contributed by atoms with Crippen molar-refractivity contribution in [2.24, 2.45) is 0 Å². The van der Waals surface area contributed by atoms with Gasteiger partial charge in [-0.3, -0.25) is 4.98 Å². The molecule has 0 atom stereocenters. The third-order valence-electron chi connectivity index (χ3n) is 1.55. The largest absolute Gasteiger partial charge is 0.261 e. The molecule has 0 aromatic carbocycles. The van der Waals surface area contributed by atoms with E-state index >= 15 is 0 Å². The Bertz CT molecular complexity index is 368. The van der Waals surface area contributed by atoms with Crippen molar-refractivity contribution in [1.29, 1.82) is 0 Å². The molecule has 0 amide bonds. The van der Waals surface area contributed by atoms with Crippen molar-refractivity contribution >= 4 is 17.1 Å². The van der Waals surface area contributed by atoms with Crippen LogP contribution in [0, 0.1) is 0 Å². The van der Waals surface area contributed by atoms with Gasteiger partial charge in [-0.2, -0.15) is 5.10 Å². The summed E-state index contributed by atoms with van der Waals surface area (Å²) in [7, 11) is 0. The Balaban J connectivity index is 2.76. The number of halogens is 1. The number of alkyl halides is 1. The summed E-state index contributed by atoms with van der Waals surface area (Å²) in [5.74, 6) is 0.481. The molecule has 0 aliphatic carbocycles. The van der Waals surface area contributed by atoms with E-state index in [9.17, 15) is 0 Å². The van der Waals surface area contributed by atoms with Crippen LogP contribution in [0.4, 0.5) is 0 Å². The van der Waals surface area contributed by atoms with Crippen LogP contribution in [0.5, 0.6) is 0 Å². The van der Waals surface area contributed by atoms with Crippen molar-refractivity contribution in [3.63, 3.8) is 0 Å². The number of fused-ring (bicyclic) bond motifs is 1. The lowest BCUT2D eigenvalue weighted by atomic mass is 10.3. The van der Waals surface area contributed by atoms with Crippen LogP contribution in [0.1, 0.15) is 5.56 Å². The van der Waals surface area contributed by atoms with E-state index in [0.29, 0.717) is 5.88 Å². The van der Waals surface area contributed by atoms with Crippen molar-refractivity contribution in [3.05, 3.63) is 30.4 Å². The van der Waals surface area contributed by atoms with Crippen molar-refractivity contribution in [1.82, 2.24) is 14.6 Å². The van der Waals surface area contributed by atoms with Gasteiger partial charge in [-0.25, -0.2) is 4.52 Å². The van der Waals surface area contributed by atoms with Crippen molar-refractivity contribution in [2.75, 3.05) is 0 Å². The molecule has 0 saturated carbocycles. The maximum Gasteiger partial charge on any atom is 0.0888 e. The highest BCUT2D eigenvalue weighted by Crippen LogP contribution is 2.10. The minimum absolute atomic E-state index is 0.481. The lowest BCUT2D eigenvalue weighted by Gasteiger charge is -1.90. The minimum Gasteiger partial charge on any atom is -0.261 e. The van der Waals surface area contributed by atoms with E-state index in [-0.39, 0.29) is 0 Å². The second-order valence-electron chi connectivity index (χ2n) is 2.21. The van der Waals surface area contributed by atoms with E-state index in [1.165, 1.54) is 0 Å². The molecule has 0 fully saturated rings. The predicted molar refractivity (Wildman–Crippen MR) is 42.5 cm³/mol. The molecule has 2 heterocycles. The van der Waals surface area contributed by atoms with Crippen LogP contribution in [-0.4, -0.2) is 14.6 Å². The van der Waals surface area contributed by atoms with Gasteiger partial charge >= 0.3 is 0 Å². The molecule has 3 nitrogen and oxygen atoms in total. The Labute approximate surface area is 68.6 Å². The van der Waals surface area contributed by atoms with Crippen molar-refractivity contribution in [2.45, 2.75) is 5.88 Å². The van der Waals surface area contributed by atoms with Crippen LogP contribution in [-0.2, 0) is 5.88 Å². The van der Waals surface area contributed by atoms with E-state index in [2.05, 4.69) is 10.1 Å². The fourth-order valence-electron chi connectivity index (χ4n) is 0.986. The molecule has 0 bridgehead atoms. The van der Waals surface area contributed by atoms with Gasteiger partial charge in [-0.05, 0) is 0 Å². The van der Waals surface area contributed by atoms with Gasteiger partial charge in [0.15, 0.2) is 0 Å². The van der Waals surface area contributed by atoms with Crippen LogP contribution in [0.25, 0.3) is 5.52 Å². The molecule has 0 N–H and O–H groups in total. The third kappa shape index (κ3) is 0.973. The van der Waals surface area contributed by atoms with E-state index in [1.54, 1.807) is 29.3 Å². The molecule has 56 valence electrons. The van der Waals surface area contributed by atoms with Crippen LogP contribution in [0.2, 0.25) is 0 Å². The van der Waals surface area contributed by atoms with Crippen molar-refractivity contribution in [3.8, 4) is 0 Å². The average Bonchev–Trinajstić information content (AvgIpc) is 2.47. The molecule has 2 aromatic heterocycles. The number of hydrogen-bond acceptors (Lipinski definition) is 2. The van der Waals surface area contributed by atoms with Gasteiger partial charge in [0.1, 0.15) is 0 Å². The zero-order valence-corrected chi connectivity index (χ0v) is 6.49. The maximum atomic E-state index is 5.67. The summed E-state index contributed by atoms with van der Waals surface area (Å²) < 4.78 is 1.75. The molecule has 0 unspecified atom stereocenters. The van der Waals surface area contributed by atoms with Gasteiger partial charge < -0.3 is 0 Å². The summed E-state index contributed by atoms with van der Waals surface area (Å²) in [6.45, 7) is 0. The molecule has 11 heavy (non-hydrogen) atoms. The molecule has 0 spiro atoms. The van der Waals surface area contributed by atoms with Crippen LogP contribution < -0.4 is 0 Å². The molecule has 0 radical (unpaired) electrons. The normalized spacial score (nSPS) is 10.6. The molecule has 4 heteroatoms. The van der Waals surface area contributed by atoms with E-state index < -0.39 is 0 Å². The first-order valence-corrected chi connectivity index (χ1v) is 3.77. The summed E-state index contributed by atoms with van der Waals surface area (Å²) >= 11 is 5.67. The Morgan fingerprint density at radius 3 is 3.18 bits per heavy atom. The highest BCUT2D eigenvalue weighted by molar-refractivity contribution is 6.17. The average molecular weight is 168 g/mol. The fourth-order valence-corrected chi connectivity index (χ4v) is 1.19. The summed E-state index contributed by atoms with van der Waals surface area (Å²) in [6.07, 6.45) is 7.00. The third-order valence-corrected chi connectivity index (χ3v) is 1.84. The summed E-state index contributed by atoms with van der Waals surface area (Å²) in [4.78, 5) is 3.97. The van der Waals surface area contributed by atoms with Gasteiger partial charge in [0.25, 0.3) is 0 Å². The number of hydrogen-bond donors (Lipinski definition) is 0. The molecule has 2 aromatic rings. The van der Waals surface area contributed by atoms with E-state index in [4.69, 9.17) is 11.6 Å². The first-order valence-electron chi connectivity index (χ1n) is 3.24. The number of nitrogens with zero attached hydrogens (tertiary/aromatic N) is 3. The van der Waals surface area contributed by atoms with Gasteiger partial charge in [-0.1, -0.05) is 0 Å². The molecule has 2 rings (SSSR count). The minimum atomic E-state index is 0.481. The highest BCUT2D eigenvalue weighted by Gasteiger charge is 1.99. The highest BCUT2D eigenvalue weighted by atomic mass is 35.5. The molecule has 0 saturated heterocycles. The first kappa shape index (κ1) is 6.61. The second-order valence-corrected chi connectivity index (χ2v) is 2.48. The van der Waals surface area contributed by atoms with Crippen LogP contribution in [0.15, 0.2) is 24.8 Å². The monoisotopic (exact) mass is 167 g/mol. The van der Waals surface area contributed by atoms with Gasteiger partial charge in [0.2, 0.25) is 0 Å². The zero-order chi connectivity index (χ0) is 7.68. The Hall–Kier alpha value is -1.09. The fraction of sp³-hybridized carbons (Fsp3) is 0.143. The smallest absolute Gasteiger partial charge is 0.0888 e. The lowest BCUT2D eigenvalue weighted by Crippen LogP contribution is -1.86. The molecule has 0 aliphatic heterocycles. The number of rotatable bonds is 1. The maximum absolute atomic E-state index is 5.67. The topological polar surface area (TPSA) is 30.2 Å². The Kier molecular flexibility index (Phi) is 1.51. The van der Waals surface area contributed by atoms with E-state index in [0.717, 1.165) is 11.1 Å². The SMILES string of the molecule is ClCc1cnn2ccncc12. The summed E-state index contributed by atoms with van der Waals surface area (Å²) in [6, 6.07) is 0. The zero-order valence-electron chi connectivity index (χ0n) is 5.74. The second kappa shape index (κ2) is 2.51. The quantitative estimate of drug-likeness (QED) is 0.602. The van der Waals surface area contributed by atoms with Gasteiger partial charge in [0.05, 0.1) is 23.8 Å². The predicted octanol–water partition coefficient (Wildman–Crippen LogP) is 1.47. The molecule has 0 aliphatic rings. The summed E-state index contributed by atoms with van der Waals surface area (Å²) in [5, 5.41) is 4.08.